The van der Waals surface area contributed by atoms with Crippen LogP contribution in [0.4, 0.5) is 0 Å². The van der Waals surface area contributed by atoms with Crippen molar-refractivity contribution in [1.29, 1.82) is 0 Å². The first-order chi connectivity index (χ1) is 13.5. The molecule has 9 nitrogen and oxygen atoms in total. The molecule has 0 N–H and O–H groups in total. The lowest BCUT2D eigenvalue weighted by molar-refractivity contribution is -0.138. The molecule has 0 saturated heterocycles. The molecule has 0 atom stereocenters. The third-order valence-corrected chi connectivity index (χ3v) is 2.86. The van der Waals surface area contributed by atoms with Gasteiger partial charge in [0.25, 0.3) is 0 Å². The van der Waals surface area contributed by atoms with E-state index in [0.717, 1.165) is 18.2 Å². The van der Waals surface area contributed by atoms with Crippen LogP contribution in [0.25, 0.3) is 0 Å². The number of rotatable bonds is 18. The summed E-state index contributed by atoms with van der Waals surface area (Å²) in [7, 11) is -0.958. The van der Waals surface area contributed by atoms with Gasteiger partial charge >= 0.3 is 25.2 Å². The Hall–Kier alpha value is -2.43. The summed E-state index contributed by atoms with van der Waals surface area (Å²) >= 11 is 0. The lowest BCUT2D eigenvalue weighted by Crippen LogP contribution is -2.29. The summed E-state index contributed by atoms with van der Waals surface area (Å²) < 4.78 is 30.8. The molecular formula is C18H27BO9. The van der Waals surface area contributed by atoms with Gasteiger partial charge in [-0.05, 0) is 0 Å². The first-order valence-corrected chi connectivity index (χ1v) is 8.75. The fraction of sp³-hybridized carbons (Fsp3) is 0.500. The van der Waals surface area contributed by atoms with E-state index in [2.05, 4.69) is 19.7 Å². The molecule has 0 aliphatic heterocycles. The number of ether oxygens (including phenoxy) is 3. The third kappa shape index (κ3) is 15.8. The van der Waals surface area contributed by atoms with Gasteiger partial charge in [-0.15, -0.1) is 0 Å². The van der Waals surface area contributed by atoms with Crippen molar-refractivity contribution in [3.05, 3.63) is 38.0 Å². The fourth-order valence-corrected chi connectivity index (χ4v) is 1.55. The van der Waals surface area contributed by atoms with E-state index in [9.17, 15) is 14.4 Å². The lowest BCUT2D eigenvalue weighted by atomic mass is 10.2. The maximum absolute atomic E-state index is 10.9. The SMILES string of the molecule is C=CC(=O)OCCCOB(OCCCOC(=O)C=C)OCCCOC(=O)C=C. The fourth-order valence-electron chi connectivity index (χ4n) is 1.55. The van der Waals surface area contributed by atoms with Crippen LogP contribution in [0.2, 0.25) is 0 Å². The number of carbonyl (C=O) groups is 3. The van der Waals surface area contributed by atoms with Crippen LogP contribution in [0.5, 0.6) is 0 Å². The summed E-state index contributed by atoms with van der Waals surface area (Å²) in [6.07, 6.45) is 4.56. The zero-order valence-corrected chi connectivity index (χ0v) is 16.0. The second kappa shape index (κ2) is 18.0. The summed E-state index contributed by atoms with van der Waals surface area (Å²) in [5.41, 5.74) is 0. The van der Waals surface area contributed by atoms with Crippen molar-refractivity contribution in [2.75, 3.05) is 39.6 Å². The summed E-state index contributed by atoms with van der Waals surface area (Å²) in [6, 6.07) is 0. The van der Waals surface area contributed by atoms with Gasteiger partial charge < -0.3 is 28.2 Å². The van der Waals surface area contributed by atoms with E-state index in [-0.39, 0.29) is 39.6 Å². The summed E-state index contributed by atoms with van der Waals surface area (Å²) in [6.45, 7) is 11.1. The molecular weight excluding hydrogens is 371 g/mol. The van der Waals surface area contributed by atoms with Crippen molar-refractivity contribution in [3.63, 3.8) is 0 Å². The van der Waals surface area contributed by atoms with Crippen LogP contribution in [0.15, 0.2) is 38.0 Å². The molecule has 0 aromatic heterocycles. The molecule has 0 bridgehead atoms. The van der Waals surface area contributed by atoms with Gasteiger partial charge in [-0.3, -0.25) is 0 Å². The second-order valence-corrected chi connectivity index (χ2v) is 5.08. The van der Waals surface area contributed by atoms with Gasteiger partial charge in [0.05, 0.1) is 19.8 Å². The molecule has 0 fully saturated rings. The molecule has 0 saturated carbocycles. The van der Waals surface area contributed by atoms with Crippen molar-refractivity contribution in [2.45, 2.75) is 19.3 Å². The molecule has 0 heterocycles. The van der Waals surface area contributed by atoms with Gasteiger partial charge in [-0.2, -0.15) is 0 Å². The third-order valence-electron chi connectivity index (χ3n) is 2.86. The average molecular weight is 398 g/mol. The summed E-state index contributed by atoms with van der Waals surface area (Å²) in [4.78, 5) is 32.8. The van der Waals surface area contributed by atoms with Crippen LogP contribution in [-0.2, 0) is 42.6 Å². The Morgan fingerprint density at radius 1 is 0.571 bits per heavy atom. The molecule has 0 rings (SSSR count). The molecule has 28 heavy (non-hydrogen) atoms. The molecule has 10 heteroatoms. The smallest absolute Gasteiger partial charge is 0.462 e. The van der Waals surface area contributed by atoms with Gasteiger partial charge in [-0.25, -0.2) is 14.4 Å². The highest BCUT2D eigenvalue weighted by Crippen LogP contribution is 1.99. The summed E-state index contributed by atoms with van der Waals surface area (Å²) in [5, 5.41) is 0. The standard InChI is InChI=1S/C18H27BO9/c1-4-16(20)23-10-7-13-26-19(27-14-8-11-24-17(21)5-2)28-15-9-12-25-18(22)6-3/h4-6H,1-3,7-15H2. The minimum atomic E-state index is -0.958. The van der Waals surface area contributed by atoms with Gasteiger partial charge in [0.15, 0.2) is 0 Å². The molecule has 156 valence electrons. The largest absolute Gasteiger partial charge is 0.639 e. The van der Waals surface area contributed by atoms with Gasteiger partial charge in [0.1, 0.15) is 0 Å². The van der Waals surface area contributed by atoms with E-state index in [0.29, 0.717) is 19.3 Å². The highest BCUT2D eigenvalue weighted by Gasteiger charge is 2.21. The summed E-state index contributed by atoms with van der Waals surface area (Å²) in [5.74, 6) is -1.52. The van der Waals surface area contributed by atoms with Crippen LogP contribution in [-0.4, -0.2) is 64.9 Å². The van der Waals surface area contributed by atoms with E-state index < -0.39 is 25.2 Å². The van der Waals surface area contributed by atoms with Crippen LogP contribution >= 0.6 is 0 Å². The predicted molar refractivity (Wildman–Crippen MR) is 101 cm³/mol. The van der Waals surface area contributed by atoms with E-state index >= 15 is 0 Å². The molecule has 0 radical (unpaired) electrons. The molecule has 0 aromatic carbocycles. The van der Waals surface area contributed by atoms with E-state index in [4.69, 9.17) is 28.2 Å². The highest BCUT2D eigenvalue weighted by atomic mass is 16.7. The minimum absolute atomic E-state index is 0.173. The molecule has 0 aliphatic rings. The van der Waals surface area contributed by atoms with Crippen LogP contribution in [0.3, 0.4) is 0 Å². The quantitative estimate of drug-likeness (QED) is 0.111. The molecule has 0 unspecified atom stereocenters. The Bertz CT molecular complexity index is 436. The van der Waals surface area contributed by atoms with Crippen molar-refractivity contribution < 1.29 is 42.6 Å². The van der Waals surface area contributed by atoms with Crippen molar-refractivity contribution >= 4 is 25.2 Å². The molecule has 0 aromatic rings. The normalized spacial score (nSPS) is 9.86. The average Bonchev–Trinajstić information content (AvgIpc) is 2.71. The van der Waals surface area contributed by atoms with Gasteiger partial charge in [0.2, 0.25) is 0 Å². The van der Waals surface area contributed by atoms with Crippen molar-refractivity contribution in [1.82, 2.24) is 0 Å². The maximum Gasteiger partial charge on any atom is 0.639 e. The van der Waals surface area contributed by atoms with E-state index in [1.165, 1.54) is 0 Å². The molecule has 0 amide bonds. The monoisotopic (exact) mass is 398 g/mol. The van der Waals surface area contributed by atoms with E-state index in [1.54, 1.807) is 0 Å². The lowest BCUT2D eigenvalue weighted by Gasteiger charge is -2.14. The number of hydrogen-bond donors (Lipinski definition) is 0. The molecule has 0 aliphatic carbocycles. The Balaban J connectivity index is 4.07. The van der Waals surface area contributed by atoms with Crippen LogP contribution in [0.1, 0.15) is 19.3 Å². The van der Waals surface area contributed by atoms with Gasteiger partial charge in [-0.1, -0.05) is 19.7 Å². The Morgan fingerprint density at radius 2 is 0.857 bits per heavy atom. The van der Waals surface area contributed by atoms with Crippen molar-refractivity contribution in [2.24, 2.45) is 0 Å². The minimum Gasteiger partial charge on any atom is -0.462 e. The first-order valence-electron chi connectivity index (χ1n) is 8.75. The zero-order valence-electron chi connectivity index (χ0n) is 16.0. The number of carbonyl (C=O) groups excluding carboxylic acids is 3. The highest BCUT2D eigenvalue weighted by molar-refractivity contribution is 6.36. The zero-order chi connectivity index (χ0) is 21.0. The number of esters is 3. The molecule has 0 spiro atoms. The van der Waals surface area contributed by atoms with Crippen molar-refractivity contribution in [3.8, 4) is 0 Å². The number of hydrogen-bond acceptors (Lipinski definition) is 9. The topological polar surface area (TPSA) is 107 Å². The van der Waals surface area contributed by atoms with Crippen LogP contribution < -0.4 is 0 Å². The second-order valence-electron chi connectivity index (χ2n) is 5.08. The maximum atomic E-state index is 10.9. The Labute approximate surface area is 165 Å². The predicted octanol–water partition coefficient (Wildman–Crippen LogP) is 1.38. The first kappa shape index (κ1) is 25.6. The van der Waals surface area contributed by atoms with E-state index in [1.807, 2.05) is 0 Å². The van der Waals surface area contributed by atoms with Crippen LogP contribution in [0, 0.1) is 0 Å². The Kier molecular flexibility index (Phi) is 16.4. The van der Waals surface area contributed by atoms with Gasteiger partial charge in [0, 0.05) is 57.3 Å². The Morgan fingerprint density at radius 3 is 1.11 bits per heavy atom.